The van der Waals surface area contributed by atoms with Crippen molar-refractivity contribution in [2.24, 2.45) is 10.2 Å². The third-order valence-electron chi connectivity index (χ3n) is 5.97. The van der Waals surface area contributed by atoms with Gasteiger partial charge in [-0.25, -0.2) is 4.79 Å². The third-order valence-corrected chi connectivity index (χ3v) is 5.97. The molecule has 5 nitrogen and oxygen atoms in total. The van der Waals surface area contributed by atoms with Crippen LogP contribution in [0.3, 0.4) is 0 Å². The van der Waals surface area contributed by atoms with E-state index < -0.39 is 0 Å². The number of nitrogens with zero attached hydrogens (tertiary/aromatic N) is 2. The SMILES string of the molecule is CCCCCCCCCOc1ccc(N=Nc2ccc(C(=O)OCCCCCCCC)cc2)cc1. The van der Waals surface area contributed by atoms with E-state index in [9.17, 15) is 4.79 Å². The van der Waals surface area contributed by atoms with E-state index in [1.54, 1.807) is 24.3 Å². The molecule has 2 aromatic carbocycles. The first kappa shape index (κ1) is 28.5. The van der Waals surface area contributed by atoms with Crippen molar-refractivity contribution in [1.82, 2.24) is 0 Å². The number of carbonyl (C=O) groups is 1. The summed E-state index contributed by atoms with van der Waals surface area (Å²) >= 11 is 0. The van der Waals surface area contributed by atoms with Crippen LogP contribution in [0.1, 0.15) is 108 Å². The average molecular weight is 481 g/mol. The Morgan fingerprint density at radius 3 is 1.60 bits per heavy atom. The molecule has 0 atom stereocenters. The van der Waals surface area contributed by atoms with Crippen LogP contribution in [0.25, 0.3) is 0 Å². The van der Waals surface area contributed by atoms with Gasteiger partial charge in [0.25, 0.3) is 0 Å². The van der Waals surface area contributed by atoms with Crippen LogP contribution in [0.5, 0.6) is 5.75 Å². The number of rotatable bonds is 19. The van der Waals surface area contributed by atoms with E-state index in [0.29, 0.717) is 17.9 Å². The van der Waals surface area contributed by atoms with Gasteiger partial charge in [-0.3, -0.25) is 0 Å². The molecule has 0 spiro atoms. The molecule has 2 aromatic rings. The second-order valence-corrected chi connectivity index (χ2v) is 9.11. The minimum absolute atomic E-state index is 0.283. The lowest BCUT2D eigenvalue weighted by Crippen LogP contribution is -2.06. The number of hydrogen-bond acceptors (Lipinski definition) is 5. The molecular formula is C30H44N2O3. The van der Waals surface area contributed by atoms with Crippen molar-refractivity contribution in [3.8, 4) is 5.75 Å². The number of carbonyl (C=O) groups excluding carboxylic acids is 1. The van der Waals surface area contributed by atoms with Crippen LogP contribution < -0.4 is 4.74 Å². The van der Waals surface area contributed by atoms with E-state index in [0.717, 1.165) is 37.3 Å². The number of hydrogen-bond donors (Lipinski definition) is 0. The predicted octanol–water partition coefficient (Wildman–Crippen LogP) is 9.75. The number of azo groups is 1. The lowest BCUT2D eigenvalue weighted by atomic mass is 10.1. The summed E-state index contributed by atoms with van der Waals surface area (Å²) in [6, 6.07) is 14.7. The molecule has 0 fully saturated rings. The lowest BCUT2D eigenvalue weighted by Gasteiger charge is -2.06. The number of esters is 1. The number of ether oxygens (including phenoxy) is 2. The maximum atomic E-state index is 12.2. The van der Waals surface area contributed by atoms with Crippen molar-refractivity contribution in [3.05, 3.63) is 54.1 Å². The highest BCUT2D eigenvalue weighted by Gasteiger charge is 2.06. The summed E-state index contributed by atoms with van der Waals surface area (Å²) in [4.78, 5) is 12.2. The normalized spacial score (nSPS) is 11.1. The molecule has 0 radical (unpaired) electrons. The average Bonchev–Trinajstić information content (AvgIpc) is 2.89. The van der Waals surface area contributed by atoms with Crippen molar-refractivity contribution in [1.29, 1.82) is 0 Å². The van der Waals surface area contributed by atoms with Crippen molar-refractivity contribution < 1.29 is 14.3 Å². The van der Waals surface area contributed by atoms with Gasteiger partial charge in [-0.2, -0.15) is 10.2 Å². The molecule has 0 aromatic heterocycles. The highest BCUT2D eigenvalue weighted by Crippen LogP contribution is 2.22. The van der Waals surface area contributed by atoms with Gasteiger partial charge < -0.3 is 9.47 Å². The molecule has 0 bridgehead atoms. The van der Waals surface area contributed by atoms with Crippen LogP contribution in [-0.2, 0) is 4.74 Å². The summed E-state index contributed by atoms with van der Waals surface area (Å²) in [5.74, 6) is 0.577. The standard InChI is InChI=1S/C30H44N2O3/c1-3-5-7-9-11-13-14-24-34-29-22-20-28(21-23-29)32-31-27-18-16-26(17-19-27)30(33)35-25-15-12-10-8-6-4-2/h16-23H,3-15,24-25H2,1-2H3. The summed E-state index contributed by atoms with van der Waals surface area (Å²) in [6.45, 7) is 5.68. The molecule has 2 rings (SSSR count). The lowest BCUT2D eigenvalue weighted by molar-refractivity contribution is 0.0497. The Balaban J connectivity index is 1.65. The molecular weight excluding hydrogens is 436 g/mol. The van der Waals surface area contributed by atoms with Crippen LogP contribution in [0, 0.1) is 0 Å². The van der Waals surface area contributed by atoms with Gasteiger partial charge in [-0.05, 0) is 61.4 Å². The van der Waals surface area contributed by atoms with E-state index >= 15 is 0 Å². The van der Waals surface area contributed by atoms with Crippen molar-refractivity contribution >= 4 is 17.3 Å². The molecule has 0 aliphatic carbocycles. The molecule has 5 heteroatoms. The van der Waals surface area contributed by atoms with Gasteiger partial charge in [0.15, 0.2) is 0 Å². The molecule has 35 heavy (non-hydrogen) atoms. The fraction of sp³-hybridized carbons (Fsp3) is 0.567. The second-order valence-electron chi connectivity index (χ2n) is 9.11. The quantitative estimate of drug-likeness (QED) is 0.114. The number of unbranched alkanes of at least 4 members (excludes halogenated alkanes) is 11. The summed E-state index contributed by atoms with van der Waals surface area (Å²) in [6.07, 6.45) is 16.0. The number of benzene rings is 2. The van der Waals surface area contributed by atoms with Crippen LogP contribution in [0.4, 0.5) is 11.4 Å². The highest BCUT2D eigenvalue weighted by atomic mass is 16.5. The Bertz CT molecular complexity index is 832. The van der Waals surface area contributed by atoms with Gasteiger partial charge in [0, 0.05) is 0 Å². The first-order valence-electron chi connectivity index (χ1n) is 13.6. The van der Waals surface area contributed by atoms with E-state index in [4.69, 9.17) is 9.47 Å². The van der Waals surface area contributed by atoms with Crippen LogP contribution in [-0.4, -0.2) is 19.2 Å². The molecule has 192 valence electrons. The monoisotopic (exact) mass is 480 g/mol. The predicted molar refractivity (Wildman–Crippen MR) is 144 cm³/mol. The van der Waals surface area contributed by atoms with Gasteiger partial charge >= 0.3 is 5.97 Å². The first-order valence-corrected chi connectivity index (χ1v) is 13.6. The Morgan fingerprint density at radius 1 is 0.600 bits per heavy atom. The Hall–Kier alpha value is -2.69. The maximum Gasteiger partial charge on any atom is 0.338 e. The molecule has 0 heterocycles. The van der Waals surface area contributed by atoms with Crippen LogP contribution >= 0.6 is 0 Å². The molecule has 0 amide bonds. The fourth-order valence-corrected chi connectivity index (χ4v) is 3.77. The smallest absolute Gasteiger partial charge is 0.338 e. The minimum Gasteiger partial charge on any atom is -0.494 e. The van der Waals surface area contributed by atoms with E-state index in [1.165, 1.54) is 64.2 Å². The van der Waals surface area contributed by atoms with Crippen LogP contribution in [0.2, 0.25) is 0 Å². The zero-order valence-electron chi connectivity index (χ0n) is 21.8. The second kappa shape index (κ2) is 18.6. The molecule has 0 saturated carbocycles. The van der Waals surface area contributed by atoms with Gasteiger partial charge in [-0.1, -0.05) is 84.5 Å². The first-order chi connectivity index (χ1) is 17.2. The maximum absolute atomic E-state index is 12.2. The molecule has 0 saturated heterocycles. The largest absolute Gasteiger partial charge is 0.494 e. The van der Waals surface area contributed by atoms with Gasteiger partial charge in [-0.15, -0.1) is 0 Å². The Labute approximate surface area is 212 Å². The molecule has 0 N–H and O–H groups in total. The van der Waals surface area contributed by atoms with Gasteiger partial charge in [0.2, 0.25) is 0 Å². The van der Waals surface area contributed by atoms with E-state index in [-0.39, 0.29) is 5.97 Å². The van der Waals surface area contributed by atoms with Crippen molar-refractivity contribution in [2.75, 3.05) is 13.2 Å². The molecule has 0 unspecified atom stereocenters. The minimum atomic E-state index is -0.283. The molecule has 0 aliphatic rings. The van der Waals surface area contributed by atoms with Crippen molar-refractivity contribution in [2.45, 2.75) is 97.3 Å². The summed E-state index contributed by atoms with van der Waals surface area (Å²) in [5.41, 5.74) is 1.99. The summed E-state index contributed by atoms with van der Waals surface area (Å²) < 4.78 is 11.2. The highest BCUT2D eigenvalue weighted by molar-refractivity contribution is 5.89. The zero-order valence-corrected chi connectivity index (χ0v) is 21.8. The van der Waals surface area contributed by atoms with Gasteiger partial charge in [0.1, 0.15) is 5.75 Å². The molecule has 0 aliphatic heterocycles. The van der Waals surface area contributed by atoms with Gasteiger partial charge in [0.05, 0.1) is 30.2 Å². The summed E-state index contributed by atoms with van der Waals surface area (Å²) in [7, 11) is 0. The van der Waals surface area contributed by atoms with E-state index in [2.05, 4.69) is 24.1 Å². The topological polar surface area (TPSA) is 60.2 Å². The fourth-order valence-electron chi connectivity index (χ4n) is 3.77. The third kappa shape index (κ3) is 13.1. The van der Waals surface area contributed by atoms with Crippen molar-refractivity contribution in [3.63, 3.8) is 0 Å². The zero-order chi connectivity index (χ0) is 25.0. The van der Waals surface area contributed by atoms with E-state index in [1.807, 2.05) is 24.3 Å². The Kier molecular flexibility index (Phi) is 15.2. The Morgan fingerprint density at radius 2 is 1.06 bits per heavy atom. The van der Waals surface area contributed by atoms with Crippen LogP contribution in [0.15, 0.2) is 58.8 Å². The summed E-state index contributed by atoms with van der Waals surface area (Å²) in [5, 5.41) is 8.55.